The van der Waals surface area contributed by atoms with Crippen molar-refractivity contribution in [3.8, 4) is 28.7 Å². The van der Waals surface area contributed by atoms with E-state index in [-0.39, 0.29) is 28.8 Å². The van der Waals surface area contributed by atoms with Crippen molar-refractivity contribution in [3.05, 3.63) is 47.5 Å². The van der Waals surface area contributed by atoms with E-state index in [9.17, 15) is 15.0 Å². The number of phenolic OH excluding ortho intramolecular Hbond substituents is 2. The predicted molar refractivity (Wildman–Crippen MR) is 89.2 cm³/mol. The fourth-order valence-corrected chi connectivity index (χ4v) is 2.11. The monoisotopic (exact) mass is 330 g/mol. The number of methoxy groups -OCH3 is 3. The maximum atomic E-state index is 12.3. The number of carbonyl (C=O) groups excluding carboxylic acids is 1. The van der Waals surface area contributed by atoms with E-state index in [0.717, 1.165) is 0 Å². The molecule has 126 valence electrons. The molecule has 2 N–H and O–H groups in total. The minimum Gasteiger partial charge on any atom is -0.504 e. The highest BCUT2D eigenvalue weighted by Gasteiger charge is 2.14. The summed E-state index contributed by atoms with van der Waals surface area (Å²) in [5.74, 6) is 0.162. The molecule has 0 aliphatic heterocycles. The second-order valence-corrected chi connectivity index (χ2v) is 4.86. The zero-order valence-corrected chi connectivity index (χ0v) is 13.6. The topological polar surface area (TPSA) is 85.2 Å². The molecular formula is C18H18O6. The van der Waals surface area contributed by atoms with Crippen molar-refractivity contribution in [2.45, 2.75) is 0 Å². The van der Waals surface area contributed by atoms with Gasteiger partial charge in [0.15, 0.2) is 28.8 Å². The Balaban J connectivity index is 2.27. The molecule has 6 nitrogen and oxygen atoms in total. The van der Waals surface area contributed by atoms with E-state index in [2.05, 4.69) is 0 Å². The molecule has 0 heterocycles. The van der Waals surface area contributed by atoms with E-state index in [1.807, 2.05) is 0 Å². The number of rotatable bonds is 6. The van der Waals surface area contributed by atoms with E-state index in [1.165, 1.54) is 45.6 Å². The summed E-state index contributed by atoms with van der Waals surface area (Å²) in [6.07, 6.45) is 2.92. The van der Waals surface area contributed by atoms with Gasteiger partial charge in [-0.2, -0.15) is 0 Å². The third-order valence-corrected chi connectivity index (χ3v) is 3.39. The quantitative estimate of drug-likeness (QED) is 0.625. The van der Waals surface area contributed by atoms with E-state index >= 15 is 0 Å². The molecule has 0 aliphatic rings. The number of benzene rings is 2. The summed E-state index contributed by atoms with van der Waals surface area (Å²) in [5.41, 5.74) is 0.940. The first-order chi connectivity index (χ1) is 11.5. The summed E-state index contributed by atoms with van der Waals surface area (Å²) in [7, 11) is 4.23. The first-order valence-electron chi connectivity index (χ1n) is 7.04. The number of ether oxygens (including phenoxy) is 3. The maximum Gasteiger partial charge on any atom is 0.200 e. The van der Waals surface area contributed by atoms with Gasteiger partial charge in [-0.15, -0.1) is 0 Å². The lowest BCUT2D eigenvalue weighted by Gasteiger charge is -2.09. The van der Waals surface area contributed by atoms with Gasteiger partial charge in [-0.3, -0.25) is 4.79 Å². The number of hydrogen-bond donors (Lipinski definition) is 2. The van der Waals surface area contributed by atoms with Crippen LogP contribution in [-0.2, 0) is 0 Å². The van der Waals surface area contributed by atoms with E-state index in [1.54, 1.807) is 18.2 Å². The molecular weight excluding hydrogens is 312 g/mol. The molecule has 6 heteroatoms. The predicted octanol–water partition coefficient (Wildman–Crippen LogP) is 3.02. The highest BCUT2D eigenvalue weighted by Crippen LogP contribution is 2.37. The molecule has 0 unspecified atom stereocenters. The Bertz CT molecular complexity index is 754. The second kappa shape index (κ2) is 7.41. The fourth-order valence-electron chi connectivity index (χ4n) is 2.11. The molecule has 0 aromatic heterocycles. The van der Waals surface area contributed by atoms with Crippen LogP contribution in [0, 0.1) is 0 Å². The van der Waals surface area contributed by atoms with Crippen LogP contribution in [0.3, 0.4) is 0 Å². The van der Waals surface area contributed by atoms with Gasteiger partial charge in [-0.25, -0.2) is 0 Å². The van der Waals surface area contributed by atoms with Crippen LogP contribution in [0.5, 0.6) is 28.7 Å². The Hall–Kier alpha value is -3.15. The van der Waals surface area contributed by atoms with Gasteiger partial charge in [0.2, 0.25) is 5.75 Å². The lowest BCUT2D eigenvalue weighted by molar-refractivity contribution is 0.104. The van der Waals surface area contributed by atoms with Crippen molar-refractivity contribution in [1.29, 1.82) is 0 Å². The molecule has 24 heavy (non-hydrogen) atoms. The molecule has 0 amide bonds. The first kappa shape index (κ1) is 17.2. The number of allylic oxidation sites excluding steroid dienone is 1. The Labute approximate surface area is 139 Å². The van der Waals surface area contributed by atoms with E-state index in [0.29, 0.717) is 16.9 Å². The number of phenols is 2. The van der Waals surface area contributed by atoms with E-state index < -0.39 is 0 Å². The molecule has 0 fully saturated rings. The van der Waals surface area contributed by atoms with Crippen molar-refractivity contribution >= 4 is 11.9 Å². The smallest absolute Gasteiger partial charge is 0.200 e. The Kier molecular flexibility index (Phi) is 5.31. The van der Waals surface area contributed by atoms with Gasteiger partial charge in [0, 0.05) is 5.56 Å². The molecule has 2 rings (SSSR count). The molecule has 0 atom stereocenters. The van der Waals surface area contributed by atoms with Crippen LogP contribution in [0.2, 0.25) is 0 Å². The maximum absolute atomic E-state index is 12.3. The van der Waals surface area contributed by atoms with E-state index in [4.69, 9.17) is 14.2 Å². The molecule has 0 radical (unpaired) electrons. The van der Waals surface area contributed by atoms with Crippen LogP contribution in [0.1, 0.15) is 15.9 Å². The standard InChI is InChI=1S/C18H18O6/c1-22-15-7-5-11(8-14(15)20)4-6-13(19)12-9-16(23-2)18(21)17(10-12)24-3/h4-10,20-21H,1-3H3/b6-4+. The van der Waals surface area contributed by atoms with Crippen molar-refractivity contribution in [3.63, 3.8) is 0 Å². The summed E-state index contributed by atoms with van der Waals surface area (Å²) in [6.45, 7) is 0. The number of hydrogen-bond acceptors (Lipinski definition) is 6. The third-order valence-electron chi connectivity index (χ3n) is 3.39. The summed E-state index contributed by atoms with van der Waals surface area (Å²) >= 11 is 0. The van der Waals surface area contributed by atoms with Gasteiger partial charge in [0.25, 0.3) is 0 Å². The number of aromatic hydroxyl groups is 2. The average Bonchev–Trinajstić information content (AvgIpc) is 2.59. The molecule has 0 saturated heterocycles. The van der Waals surface area contributed by atoms with Crippen molar-refractivity contribution in [2.24, 2.45) is 0 Å². The van der Waals surface area contributed by atoms with Crippen LogP contribution >= 0.6 is 0 Å². The molecule has 0 aliphatic carbocycles. The van der Waals surface area contributed by atoms with Gasteiger partial charge >= 0.3 is 0 Å². The van der Waals surface area contributed by atoms with Crippen molar-refractivity contribution in [1.82, 2.24) is 0 Å². The lowest BCUT2D eigenvalue weighted by Crippen LogP contribution is -1.98. The summed E-state index contributed by atoms with van der Waals surface area (Å²) in [5, 5.41) is 19.6. The summed E-state index contributed by atoms with van der Waals surface area (Å²) in [4.78, 5) is 12.3. The Morgan fingerprint density at radius 1 is 0.917 bits per heavy atom. The van der Waals surface area contributed by atoms with Crippen molar-refractivity contribution < 1.29 is 29.2 Å². The van der Waals surface area contributed by atoms with Gasteiger partial charge in [0.05, 0.1) is 21.3 Å². The summed E-state index contributed by atoms with van der Waals surface area (Å²) in [6, 6.07) is 7.65. The van der Waals surface area contributed by atoms with Gasteiger partial charge in [0.1, 0.15) is 0 Å². The second-order valence-electron chi connectivity index (χ2n) is 4.86. The van der Waals surface area contributed by atoms with Crippen LogP contribution in [0.4, 0.5) is 0 Å². The lowest BCUT2D eigenvalue weighted by atomic mass is 10.1. The first-order valence-corrected chi connectivity index (χ1v) is 7.04. The minimum atomic E-state index is -0.304. The Morgan fingerprint density at radius 2 is 1.50 bits per heavy atom. The van der Waals surface area contributed by atoms with Gasteiger partial charge in [-0.1, -0.05) is 12.1 Å². The minimum absolute atomic E-state index is 0.0138. The summed E-state index contributed by atoms with van der Waals surface area (Å²) < 4.78 is 15.0. The van der Waals surface area contributed by atoms with Crippen LogP contribution in [0.15, 0.2) is 36.4 Å². The van der Waals surface area contributed by atoms with Crippen molar-refractivity contribution in [2.75, 3.05) is 21.3 Å². The molecule has 2 aromatic carbocycles. The molecule has 0 saturated carbocycles. The van der Waals surface area contributed by atoms with Crippen LogP contribution in [-0.4, -0.2) is 37.3 Å². The third kappa shape index (κ3) is 3.60. The zero-order chi connectivity index (χ0) is 17.7. The largest absolute Gasteiger partial charge is 0.504 e. The highest BCUT2D eigenvalue weighted by molar-refractivity contribution is 6.07. The molecule has 0 spiro atoms. The van der Waals surface area contributed by atoms with Crippen LogP contribution in [0.25, 0.3) is 6.08 Å². The average molecular weight is 330 g/mol. The van der Waals surface area contributed by atoms with Gasteiger partial charge < -0.3 is 24.4 Å². The fraction of sp³-hybridized carbons (Fsp3) is 0.167. The zero-order valence-electron chi connectivity index (χ0n) is 13.6. The Morgan fingerprint density at radius 3 is 2.00 bits per heavy atom. The number of ketones is 1. The molecule has 0 bridgehead atoms. The highest BCUT2D eigenvalue weighted by atomic mass is 16.5. The normalized spacial score (nSPS) is 10.6. The number of carbonyl (C=O) groups is 1. The van der Waals surface area contributed by atoms with Crippen LogP contribution < -0.4 is 14.2 Å². The van der Waals surface area contributed by atoms with Gasteiger partial charge in [-0.05, 0) is 35.9 Å². The molecule has 2 aromatic rings. The SMILES string of the molecule is COc1ccc(/C=C/C(=O)c2cc(OC)c(O)c(OC)c2)cc1O.